The van der Waals surface area contributed by atoms with Crippen LogP contribution in [-0.2, 0) is 38.8 Å². The molecule has 0 amide bonds. The molecule has 0 unspecified atom stereocenters. The van der Waals surface area contributed by atoms with E-state index in [2.05, 4.69) is 27.2 Å². The zero-order chi connectivity index (χ0) is 24.7. The third kappa shape index (κ3) is 5.64. The van der Waals surface area contributed by atoms with Crippen LogP contribution in [0.25, 0.3) is 17.1 Å². The number of rotatable bonds is 4. The third-order valence-electron chi connectivity index (χ3n) is 5.21. The van der Waals surface area contributed by atoms with Crippen molar-refractivity contribution in [1.29, 1.82) is 0 Å². The first-order valence-electron chi connectivity index (χ1n) is 9.95. The van der Waals surface area contributed by atoms with Gasteiger partial charge in [-0.25, -0.2) is 0 Å². The first kappa shape index (κ1) is 26.6. The van der Waals surface area contributed by atoms with Gasteiger partial charge in [-0.1, -0.05) is 17.7 Å². The SMILES string of the molecule is CC(C)(c1cccc(-c2[c-]ccc(C(F)(F)F)n2)n1)c1ccn(-c2[c-]ccc(C(F)(F)F)c2)n1.[Pt+2]. The Morgan fingerprint density at radius 1 is 0.771 bits per heavy atom. The molecule has 0 radical (unpaired) electrons. The molecule has 0 saturated carbocycles. The van der Waals surface area contributed by atoms with Crippen LogP contribution in [-0.4, -0.2) is 19.7 Å². The predicted octanol–water partition coefficient (Wildman–Crippen LogP) is 6.29. The van der Waals surface area contributed by atoms with Crippen molar-refractivity contribution in [2.24, 2.45) is 0 Å². The van der Waals surface area contributed by atoms with Crippen molar-refractivity contribution in [3.63, 3.8) is 0 Å². The van der Waals surface area contributed by atoms with Crippen LogP contribution in [0.3, 0.4) is 0 Å². The van der Waals surface area contributed by atoms with Gasteiger partial charge in [0.15, 0.2) is 0 Å². The minimum Gasteiger partial charge on any atom is -0.314 e. The standard InChI is InChI=1S/C24H16F6N4.Pt/c1-22(2,20-12-13-34(33-20)16-7-3-6-15(14-16)23(25,26)27)19-10-4-8-17(31-19)18-9-5-11-21(32-18)24(28,29)30;/h3-6,8,10-14H,1-2H3;/q-2;+2. The van der Waals surface area contributed by atoms with Crippen LogP contribution in [0, 0.1) is 12.1 Å². The molecule has 1 aromatic carbocycles. The fourth-order valence-corrected chi connectivity index (χ4v) is 3.28. The number of pyridine rings is 2. The largest absolute Gasteiger partial charge is 2.00 e. The van der Waals surface area contributed by atoms with Crippen LogP contribution in [0.4, 0.5) is 26.3 Å². The zero-order valence-corrected chi connectivity index (χ0v) is 20.4. The maximum absolute atomic E-state index is 13.0. The van der Waals surface area contributed by atoms with Crippen LogP contribution in [0.15, 0.2) is 60.8 Å². The number of benzene rings is 1. The smallest absolute Gasteiger partial charge is 0.314 e. The van der Waals surface area contributed by atoms with Crippen LogP contribution in [0.5, 0.6) is 0 Å². The zero-order valence-electron chi connectivity index (χ0n) is 18.1. The van der Waals surface area contributed by atoms with Crippen molar-refractivity contribution in [2.75, 3.05) is 0 Å². The summed E-state index contributed by atoms with van der Waals surface area (Å²) in [7, 11) is 0. The molecule has 0 bridgehead atoms. The summed E-state index contributed by atoms with van der Waals surface area (Å²) in [5.74, 6) is 0. The Morgan fingerprint density at radius 3 is 2.17 bits per heavy atom. The van der Waals surface area contributed by atoms with E-state index in [9.17, 15) is 26.3 Å². The Kier molecular flexibility index (Phi) is 7.27. The van der Waals surface area contributed by atoms with Gasteiger partial charge in [0.1, 0.15) is 0 Å². The van der Waals surface area contributed by atoms with Gasteiger partial charge in [0.25, 0.3) is 0 Å². The fourth-order valence-electron chi connectivity index (χ4n) is 3.28. The van der Waals surface area contributed by atoms with E-state index in [0.717, 1.165) is 24.3 Å². The van der Waals surface area contributed by atoms with Crippen LogP contribution in [0.2, 0.25) is 0 Å². The average Bonchev–Trinajstić information content (AvgIpc) is 3.30. The molecule has 4 aromatic rings. The average molecular weight is 669 g/mol. The molecule has 4 nitrogen and oxygen atoms in total. The Hall–Kier alpha value is -3.00. The fraction of sp³-hybridized carbons (Fsp3) is 0.208. The van der Waals surface area contributed by atoms with E-state index in [1.807, 2.05) is 0 Å². The Balaban J connectivity index is 0.00000342. The van der Waals surface area contributed by atoms with Gasteiger partial charge in [0.2, 0.25) is 0 Å². The number of nitrogens with zero attached hydrogens (tertiary/aromatic N) is 4. The van der Waals surface area contributed by atoms with E-state index >= 15 is 0 Å². The van der Waals surface area contributed by atoms with E-state index in [1.54, 1.807) is 32.0 Å². The number of hydrogen-bond donors (Lipinski definition) is 0. The number of halogens is 6. The van der Waals surface area contributed by atoms with E-state index in [1.165, 1.54) is 23.0 Å². The molecule has 0 aliphatic rings. The van der Waals surface area contributed by atoms with E-state index < -0.39 is 29.0 Å². The molecular formula is C24H16F6N4Pt. The van der Waals surface area contributed by atoms with Gasteiger partial charge in [-0.15, -0.1) is 12.1 Å². The number of hydrogen-bond acceptors (Lipinski definition) is 3. The molecular weight excluding hydrogens is 653 g/mol. The summed E-state index contributed by atoms with van der Waals surface area (Å²) in [5, 5.41) is 4.41. The van der Waals surface area contributed by atoms with Gasteiger partial charge < -0.3 is 4.98 Å². The maximum Gasteiger partial charge on any atom is 2.00 e. The monoisotopic (exact) mass is 669 g/mol. The summed E-state index contributed by atoms with van der Waals surface area (Å²) < 4.78 is 79.5. The van der Waals surface area contributed by atoms with E-state index in [4.69, 9.17) is 0 Å². The van der Waals surface area contributed by atoms with Gasteiger partial charge in [-0.2, -0.15) is 61.8 Å². The topological polar surface area (TPSA) is 43.6 Å². The van der Waals surface area contributed by atoms with Crippen LogP contribution >= 0.6 is 0 Å². The summed E-state index contributed by atoms with van der Waals surface area (Å²) in [6.45, 7) is 3.59. The second-order valence-electron chi connectivity index (χ2n) is 7.96. The van der Waals surface area contributed by atoms with Gasteiger partial charge >= 0.3 is 33.4 Å². The molecule has 4 rings (SSSR count). The molecule has 0 atom stereocenters. The summed E-state index contributed by atoms with van der Waals surface area (Å²) in [6.07, 6.45) is -7.60. The van der Waals surface area contributed by atoms with E-state index in [0.29, 0.717) is 11.4 Å². The molecule has 35 heavy (non-hydrogen) atoms. The second-order valence-corrected chi connectivity index (χ2v) is 7.96. The number of aromatic nitrogens is 4. The summed E-state index contributed by atoms with van der Waals surface area (Å²) in [6, 6.07) is 16.9. The summed E-state index contributed by atoms with van der Waals surface area (Å²) in [4.78, 5) is 8.10. The molecule has 3 aromatic heterocycles. The Labute approximate surface area is 211 Å². The maximum atomic E-state index is 13.0. The third-order valence-corrected chi connectivity index (χ3v) is 5.21. The molecule has 0 aliphatic carbocycles. The molecule has 0 spiro atoms. The molecule has 0 saturated heterocycles. The van der Waals surface area contributed by atoms with Crippen LogP contribution in [0.1, 0.15) is 36.5 Å². The van der Waals surface area contributed by atoms with Crippen molar-refractivity contribution in [3.05, 3.63) is 95.6 Å². The van der Waals surface area contributed by atoms with Crippen molar-refractivity contribution in [3.8, 4) is 17.1 Å². The summed E-state index contributed by atoms with van der Waals surface area (Å²) in [5.41, 5.74) is -1.48. The van der Waals surface area contributed by atoms with Gasteiger partial charge in [-0.05, 0) is 43.1 Å². The minimum absolute atomic E-state index is 0. The Bertz CT molecular complexity index is 1330. The molecule has 184 valence electrons. The van der Waals surface area contributed by atoms with Crippen molar-refractivity contribution < 1.29 is 47.4 Å². The number of alkyl halides is 6. The predicted molar refractivity (Wildman–Crippen MR) is 111 cm³/mol. The Morgan fingerprint density at radius 2 is 1.49 bits per heavy atom. The van der Waals surface area contributed by atoms with Gasteiger partial charge in [-0.3, -0.25) is 9.67 Å². The second kappa shape index (κ2) is 9.57. The van der Waals surface area contributed by atoms with Crippen molar-refractivity contribution in [2.45, 2.75) is 31.6 Å². The van der Waals surface area contributed by atoms with E-state index in [-0.39, 0.29) is 38.1 Å². The van der Waals surface area contributed by atoms with Gasteiger partial charge in [0.05, 0.1) is 11.4 Å². The minimum atomic E-state index is -4.60. The summed E-state index contributed by atoms with van der Waals surface area (Å²) >= 11 is 0. The first-order valence-corrected chi connectivity index (χ1v) is 9.95. The van der Waals surface area contributed by atoms with Crippen molar-refractivity contribution in [1.82, 2.24) is 19.7 Å². The van der Waals surface area contributed by atoms with Gasteiger partial charge in [0, 0.05) is 17.3 Å². The molecule has 0 N–H and O–H groups in total. The molecule has 3 heterocycles. The normalized spacial score (nSPS) is 12.3. The molecule has 0 fully saturated rings. The van der Waals surface area contributed by atoms with Crippen molar-refractivity contribution >= 4 is 0 Å². The quantitative estimate of drug-likeness (QED) is 0.190. The molecule has 0 aliphatic heterocycles. The van der Waals surface area contributed by atoms with Crippen LogP contribution < -0.4 is 0 Å². The molecule has 11 heteroatoms. The first-order chi connectivity index (χ1) is 15.9.